The summed E-state index contributed by atoms with van der Waals surface area (Å²) in [5.74, 6) is 0.446. The molecular weight excluding hydrogens is 542 g/mol. The van der Waals surface area contributed by atoms with E-state index < -0.39 is 11.9 Å². The highest BCUT2D eigenvalue weighted by Crippen LogP contribution is 2.35. The van der Waals surface area contributed by atoms with Gasteiger partial charge in [0.1, 0.15) is 18.1 Å². The Labute approximate surface area is 241 Å². The van der Waals surface area contributed by atoms with Crippen LogP contribution < -0.4 is 14.8 Å². The molecule has 0 bridgehead atoms. The Bertz CT molecular complexity index is 1720. The number of carbonyl (C=O) groups excluding carboxylic acids is 2. The van der Waals surface area contributed by atoms with Gasteiger partial charge in [0.15, 0.2) is 11.5 Å². The van der Waals surface area contributed by atoms with E-state index in [1.807, 2.05) is 55.5 Å². The van der Waals surface area contributed by atoms with Crippen LogP contribution in [0, 0.1) is 6.92 Å². The molecule has 4 aromatic carbocycles. The lowest BCUT2D eigenvalue weighted by molar-refractivity contribution is -0.140. The van der Waals surface area contributed by atoms with Crippen LogP contribution in [0.2, 0.25) is 5.02 Å². The quantitative estimate of drug-likeness (QED) is 0.265. The number of halogens is 1. The smallest absolute Gasteiger partial charge is 0.251 e. The summed E-state index contributed by atoms with van der Waals surface area (Å²) in [5.41, 5.74) is 4.50. The maximum absolute atomic E-state index is 14.1. The number of para-hydroxylation sites is 1. The normalized spacial score (nSPS) is 12.7. The van der Waals surface area contributed by atoms with Gasteiger partial charge in [0, 0.05) is 23.3 Å². The van der Waals surface area contributed by atoms with Gasteiger partial charge >= 0.3 is 0 Å². The van der Waals surface area contributed by atoms with Crippen molar-refractivity contribution in [1.82, 2.24) is 19.9 Å². The van der Waals surface area contributed by atoms with E-state index in [4.69, 9.17) is 21.1 Å². The first kappa shape index (κ1) is 26.3. The predicted molar refractivity (Wildman–Crippen MR) is 155 cm³/mol. The first-order valence-corrected chi connectivity index (χ1v) is 13.4. The van der Waals surface area contributed by atoms with E-state index in [9.17, 15) is 9.59 Å². The highest BCUT2D eigenvalue weighted by molar-refractivity contribution is 6.30. The fraction of sp³-hybridized carbons (Fsp3) is 0.161. The van der Waals surface area contributed by atoms with Crippen LogP contribution in [-0.4, -0.2) is 38.5 Å². The summed E-state index contributed by atoms with van der Waals surface area (Å²) in [7, 11) is 0. The maximum atomic E-state index is 14.1. The Kier molecular flexibility index (Phi) is 7.26. The van der Waals surface area contributed by atoms with Crippen molar-refractivity contribution >= 4 is 40.1 Å². The average Bonchev–Trinajstić information content (AvgIpc) is 3.61. The van der Waals surface area contributed by atoms with E-state index in [-0.39, 0.29) is 25.8 Å². The Morgan fingerprint density at radius 3 is 2.54 bits per heavy atom. The van der Waals surface area contributed by atoms with Crippen LogP contribution in [0.5, 0.6) is 11.5 Å². The van der Waals surface area contributed by atoms with Gasteiger partial charge in [0.2, 0.25) is 12.7 Å². The summed E-state index contributed by atoms with van der Waals surface area (Å²) >= 11 is 6.19. The van der Waals surface area contributed by atoms with Crippen molar-refractivity contribution in [2.45, 2.75) is 26.1 Å². The Morgan fingerprint density at radius 1 is 0.976 bits per heavy atom. The van der Waals surface area contributed by atoms with Crippen molar-refractivity contribution in [2.75, 3.05) is 12.1 Å². The standard InChI is InChI=1S/C31H26ClN5O4/c1-20-6-8-21(9-7-20)17-36(29(38)18-37-26-5-3-2-4-25(26)34-35-37)30(22-10-12-23(32)13-11-22)31(39)33-24-14-15-27-28(16-24)41-19-40-27/h2-16,30H,17-19H2,1H3,(H,33,39). The summed E-state index contributed by atoms with van der Waals surface area (Å²) < 4.78 is 12.4. The van der Waals surface area contributed by atoms with Crippen molar-refractivity contribution in [3.63, 3.8) is 0 Å². The summed E-state index contributed by atoms with van der Waals surface area (Å²) in [4.78, 5) is 29.7. The molecular formula is C31H26ClN5O4. The molecule has 1 aliphatic rings. The highest BCUT2D eigenvalue weighted by atomic mass is 35.5. The number of nitrogens with zero attached hydrogens (tertiary/aromatic N) is 4. The molecule has 2 heterocycles. The number of aryl methyl sites for hydroxylation is 1. The molecule has 0 saturated carbocycles. The lowest BCUT2D eigenvalue weighted by atomic mass is 10.0. The minimum absolute atomic E-state index is 0.103. The van der Waals surface area contributed by atoms with Gasteiger partial charge in [0.05, 0.1) is 5.52 Å². The number of hydrogen-bond acceptors (Lipinski definition) is 6. The number of amides is 2. The number of nitrogens with one attached hydrogen (secondary N) is 1. The first-order chi connectivity index (χ1) is 19.9. The number of benzene rings is 4. The zero-order chi connectivity index (χ0) is 28.3. The van der Waals surface area contributed by atoms with Gasteiger partial charge in [-0.15, -0.1) is 5.10 Å². The SMILES string of the molecule is Cc1ccc(CN(C(=O)Cn2nnc3ccccc32)C(C(=O)Nc2ccc3c(c2)OCO3)c2ccc(Cl)cc2)cc1. The van der Waals surface area contributed by atoms with Crippen LogP contribution >= 0.6 is 11.6 Å². The number of rotatable bonds is 8. The third-order valence-corrected chi connectivity index (χ3v) is 7.14. The third kappa shape index (κ3) is 5.71. The molecule has 1 N–H and O–H groups in total. The molecule has 1 atom stereocenters. The van der Waals surface area contributed by atoms with Crippen molar-refractivity contribution in [3.8, 4) is 11.5 Å². The summed E-state index contributed by atoms with van der Waals surface area (Å²) in [6.45, 7) is 2.20. The van der Waals surface area contributed by atoms with E-state index in [1.165, 1.54) is 0 Å². The molecule has 10 heteroatoms. The van der Waals surface area contributed by atoms with Crippen LogP contribution in [0.4, 0.5) is 5.69 Å². The molecule has 1 aromatic heterocycles. The van der Waals surface area contributed by atoms with Crippen molar-refractivity contribution in [2.24, 2.45) is 0 Å². The Morgan fingerprint density at radius 2 is 1.73 bits per heavy atom. The fourth-order valence-corrected chi connectivity index (χ4v) is 4.90. The highest BCUT2D eigenvalue weighted by Gasteiger charge is 2.32. The molecule has 0 aliphatic carbocycles. The first-order valence-electron chi connectivity index (χ1n) is 13.0. The fourth-order valence-electron chi connectivity index (χ4n) is 4.77. The number of carbonyl (C=O) groups is 2. The van der Waals surface area contributed by atoms with Gasteiger partial charge in [-0.3, -0.25) is 9.59 Å². The molecule has 0 radical (unpaired) electrons. The average molecular weight is 568 g/mol. The van der Waals surface area contributed by atoms with Gasteiger partial charge in [-0.2, -0.15) is 0 Å². The second kappa shape index (κ2) is 11.3. The minimum Gasteiger partial charge on any atom is -0.454 e. The minimum atomic E-state index is -0.985. The van der Waals surface area contributed by atoms with Crippen LogP contribution in [0.25, 0.3) is 11.0 Å². The van der Waals surface area contributed by atoms with Crippen LogP contribution in [0.15, 0.2) is 91.0 Å². The van der Waals surface area contributed by atoms with Gasteiger partial charge in [-0.1, -0.05) is 70.9 Å². The molecule has 0 spiro atoms. The second-order valence-electron chi connectivity index (χ2n) is 9.75. The number of anilines is 1. The third-order valence-electron chi connectivity index (χ3n) is 6.88. The lowest BCUT2D eigenvalue weighted by Crippen LogP contribution is -2.42. The van der Waals surface area contributed by atoms with Crippen LogP contribution in [-0.2, 0) is 22.7 Å². The van der Waals surface area contributed by atoms with Crippen molar-refractivity contribution < 1.29 is 19.1 Å². The molecule has 1 unspecified atom stereocenters. The van der Waals surface area contributed by atoms with Gasteiger partial charge in [-0.25, -0.2) is 4.68 Å². The Balaban J connectivity index is 1.38. The molecule has 9 nitrogen and oxygen atoms in total. The van der Waals surface area contributed by atoms with Crippen LogP contribution in [0.1, 0.15) is 22.7 Å². The lowest BCUT2D eigenvalue weighted by Gasteiger charge is -2.32. The zero-order valence-corrected chi connectivity index (χ0v) is 22.9. The van der Waals surface area contributed by atoms with E-state index in [0.717, 1.165) is 16.6 Å². The van der Waals surface area contributed by atoms with E-state index >= 15 is 0 Å². The van der Waals surface area contributed by atoms with Gasteiger partial charge in [-0.05, 0) is 54.4 Å². The summed E-state index contributed by atoms with van der Waals surface area (Å²) in [5, 5.41) is 11.9. The number of ether oxygens (including phenoxy) is 2. The molecule has 41 heavy (non-hydrogen) atoms. The van der Waals surface area contributed by atoms with Gasteiger partial charge < -0.3 is 19.7 Å². The topological polar surface area (TPSA) is 98.6 Å². The van der Waals surface area contributed by atoms with Crippen LogP contribution in [0.3, 0.4) is 0 Å². The van der Waals surface area contributed by atoms with Gasteiger partial charge in [0.25, 0.3) is 5.91 Å². The monoisotopic (exact) mass is 567 g/mol. The predicted octanol–water partition coefficient (Wildman–Crippen LogP) is 5.53. The van der Waals surface area contributed by atoms with E-state index in [2.05, 4.69) is 15.6 Å². The molecule has 0 fully saturated rings. The molecule has 206 valence electrons. The number of aromatic nitrogens is 3. The largest absolute Gasteiger partial charge is 0.454 e. The Hall–Kier alpha value is -4.89. The van der Waals surface area contributed by atoms with Crippen molar-refractivity contribution in [1.29, 1.82) is 0 Å². The molecule has 2 amide bonds. The number of hydrogen-bond donors (Lipinski definition) is 1. The second-order valence-corrected chi connectivity index (χ2v) is 10.2. The summed E-state index contributed by atoms with van der Waals surface area (Å²) in [6, 6.07) is 26.4. The zero-order valence-electron chi connectivity index (χ0n) is 22.2. The molecule has 6 rings (SSSR count). The maximum Gasteiger partial charge on any atom is 0.251 e. The van der Waals surface area contributed by atoms with Crippen molar-refractivity contribution in [3.05, 3.63) is 113 Å². The molecule has 5 aromatic rings. The number of fused-ring (bicyclic) bond motifs is 2. The van der Waals surface area contributed by atoms with E-state index in [0.29, 0.717) is 33.3 Å². The molecule has 0 saturated heterocycles. The summed E-state index contributed by atoms with van der Waals surface area (Å²) in [6.07, 6.45) is 0. The van der Waals surface area contributed by atoms with E-state index in [1.54, 1.807) is 52.0 Å². The molecule has 1 aliphatic heterocycles.